The van der Waals surface area contributed by atoms with E-state index in [9.17, 15) is 4.79 Å². The van der Waals surface area contributed by atoms with Gasteiger partial charge in [0.2, 0.25) is 0 Å². The number of rotatable bonds is 11. The van der Waals surface area contributed by atoms with Gasteiger partial charge in [0.15, 0.2) is 18.1 Å². The molecule has 3 aromatic carbocycles. The molecule has 1 atom stereocenters. The zero-order valence-electron chi connectivity index (χ0n) is 19.6. The van der Waals surface area contributed by atoms with Crippen LogP contribution in [0.25, 0.3) is 0 Å². The Hall–Kier alpha value is -3.67. The van der Waals surface area contributed by atoms with Crippen LogP contribution >= 0.6 is 0 Å². The number of benzene rings is 3. The largest absolute Gasteiger partial charge is 0.497 e. The predicted molar refractivity (Wildman–Crippen MR) is 128 cm³/mol. The zero-order chi connectivity index (χ0) is 23.6. The fourth-order valence-corrected chi connectivity index (χ4v) is 3.63. The van der Waals surface area contributed by atoms with Gasteiger partial charge in [-0.2, -0.15) is 0 Å². The Morgan fingerprint density at radius 1 is 0.818 bits per heavy atom. The van der Waals surface area contributed by atoms with Gasteiger partial charge in [0.05, 0.1) is 27.4 Å². The fourth-order valence-electron chi connectivity index (χ4n) is 3.63. The lowest BCUT2D eigenvalue weighted by atomic mass is 10.1. The first kappa shape index (κ1) is 24.0. The predicted octanol–water partition coefficient (Wildman–Crippen LogP) is 4.92. The highest BCUT2D eigenvalue weighted by Crippen LogP contribution is 2.28. The monoisotopic (exact) mass is 449 g/mol. The minimum absolute atomic E-state index is 0.0462. The van der Waals surface area contributed by atoms with E-state index >= 15 is 0 Å². The lowest BCUT2D eigenvalue weighted by Gasteiger charge is -2.30. The molecule has 0 radical (unpaired) electrons. The van der Waals surface area contributed by atoms with Gasteiger partial charge in [-0.25, -0.2) is 0 Å². The van der Waals surface area contributed by atoms with E-state index in [2.05, 4.69) is 0 Å². The van der Waals surface area contributed by atoms with Crippen LogP contribution in [0.4, 0.5) is 0 Å². The molecule has 0 bridgehead atoms. The summed E-state index contributed by atoms with van der Waals surface area (Å²) >= 11 is 0. The summed E-state index contributed by atoms with van der Waals surface area (Å²) in [6.45, 7) is 2.53. The second-order valence-corrected chi connectivity index (χ2v) is 7.58. The molecule has 33 heavy (non-hydrogen) atoms. The van der Waals surface area contributed by atoms with Crippen molar-refractivity contribution in [3.63, 3.8) is 0 Å². The first-order valence-electron chi connectivity index (χ1n) is 10.9. The molecule has 3 rings (SSSR count). The van der Waals surface area contributed by atoms with Crippen LogP contribution in [0.15, 0.2) is 72.8 Å². The van der Waals surface area contributed by atoms with E-state index < -0.39 is 0 Å². The smallest absolute Gasteiger partial charge is 0.261 e. The van der Waals surface area contributed by atoms with Crippen LogP contribution in [-0.2, 0) is 11.2 Å². The number of carbonyl (C=O) groups excluding carboxylic acids is 1. The Balaban J connectivity index is 1.73. The molecular weight excluding hydrogens is 418 g/mol. The van der Waals surface area contributed by atoms with Gasteiger partial charge in [-0.3, -0.25) is 4.79 Å². The second-order valence-electron chi connectivity index (χ2n) is 7.58. The van der Waals surface area contributed by atoms with Gasteiger partial charge >= 0.3 is 0 Å². The molecule has 0 aliphatic carbocycles. The van der Waals surface area contributed by atoms with Crippen molar-refractivity contribution in [1.82, 2.24) is 4.90 Å². The Kier molecular flexibility index (Phi) is 8.58. The molecule has 174 valence electrons. The lowest BCUT2D eigenvalue weighted by molar-refractivity contribution is -0.135. The Morgan fingerprint density at radius 2 is 1.48 bits per heavy atom. The number of hydrogen-bond donors (Lipinski definition) is 0. The van der Waals surface area contributed by atoms with E-state index in [0.29, 0.717) is 30.2 Å². The van der Waals surface area contributed by atoms with E-state index in [1.807, 2.05) is 60.4 Å². The van der Waals surface area contributed by atoms with E-state index in [-0.39, 0.29) is 18.6 Å². The number of hydrogen-bond acceptors (Lipinski definition) is 5. The Morgan fingerprint density at radius 3 is 2.12 bits per heavy atom. The summed E-state index contributed by atoms with van der Waals surface area (Å²) < 4.78 is 21.7. The normalized spacial score (nSPS) is 11.4. The maximum atomic E-state index is 13.2. The molecule has 1 amide bonds. The van der Waals surface area contributed by atoms with Gasteiger partial charge < -0.3 is 23.8 Å². The third-order valence-corrected chi connectivity index (χ3v) is 5.58. The standard InChI is InChI=1S/C27H31NO5/c1-20(22-8-6-5-7-9-22)28(17-16-21-10-15-25(31-3)26(18-21)32-4)27(29)19-33-24-13-11-23(30-2)12-14-24/h5-15,18,20H,16-17,19H2,1-4H3/t20-/m1/s1. The third kappa shape index (κ3) is 6.42. The number of amides is 1. The fraction of sp³-hybridized carbons (Fsp3) is 0.296. The molecule has 0 aliphatic heterocycles. The van der Waals surface area contributed by atoms with Gasteiger partial charge in [0, 0.05) is 6.54 Å². The summed E-state index contributed by atoms with van der Waals surface area (Å²) in [5.41, 5.74) is 2.13. The minimum Gasteiger partial charge on any atom is -0.497 e. The average molecular weight is 450 g/mol. The molecule has 0 spiro atoms. The first-order valence-corrected chi connectivity index (χ1v) is 10.9. The first-order chi connectivity index (χ1) is 16.0. The van der Waals surface area contributed by atoms with Crippen molar-refractivity contribution in [2.75, 3.05) is 34.5 Å². The molecule has 0 N–H and O–H groups in total. The van der Waals surface area contributed by atoms with Crippen molar-refractivity contribution in [2.45, 2.75) is 19.4 Å². The number of ether oxygens (including phenoxy) is 4. The van der Waals surface area contributed by atoms with Crippen LogP contribution < -0.4 is 18.9 Å². The lowest BCUT2D eigenvalue weighted by Crippen LogP contribution is -2.38. The van der Waals surface area contributed by atoms with Crippen molar-refractivity contribution in [1.29, 1.82) is 0 Å². The Bertz CT molecular complexity index is 1020. The molecule has 0 saturated carbocycles. The zero-order valence-corrected chi connectivity index (χ0v) is 19.6. The van der Waals surface area contributed by atoms with E-state index in [0.717, 1.165) is 16.9 Å². The molecule has 0 fully saturated rings. The summed E-state index contributed by atoms with van der Waals surface area (Å²) in [4.78, 5) is 15.1. The second kappa shape index (κ2) is 11.8. The molecule has 0 unspecified atom stereocenters. The summed E-state index contributed by atoms with van der Waals surface area (Å²) in [5.74, 6) is 2.63. The maximum Gasteiger partial charge on any atom is 0.261 e. The highest BCUT2D eigenvalue weighted by atomic mass is 16.5. The van der Waals surface area contributed by atoms with E-state index in [1.165, 1.54) is 0 Å². The summed E-state index contributed by atoms with van der Waals surface area (Å²) in [6, 6.07) is 22.9. The van der Waals surface area contributed by atoms with Crippen molar-refractivity contribution < 1.29 is 23.7 Å². The minimum atomic E-state index is -0.0988. The summed E-state index contributed by atoms with van der Waals surface area (Å²) in [7, 11) is 4.84. The van der Waals surface area contributed by atoms with Gasteiger partial charge in [-0.15, -0.1) is 0 Å². The maximum absolute atomic E-state index is 13.2. The molecule has 0 saturated heterocycles. The molecule has 0 heterocycles. The quantitative estimate of drug-likeness (QED) is 0.416. The van der Waals surface area contributed by atoms with Gasteiger partial charge in [0.1, 0.15) is 11.5 Å². The van der Waals surface area contributed by atoms with Crippen LogP contribution in [0.1, 0.15) is 24.1 Å². The molecule has 6 nitrogen and oxygen atoms in total. The van der Waals surface area contributed by atoms with Crippen molar-refractivity contribution in [3.8, 4) is 23.0 Å². The van der Waals surface area contributed by atoms with Crippen molar-refractivity contribution in [3.05, 3.63) is 83.9 Å². The molecule has 3 aromatic rings. The van der Waals surface area contributed by atoms with Gasteiger partial charge in [-0.1, -0.05) is 36.4 Å². The van der Waals surface area contributed by atoms with E-state index in [4.69, 9.17) is 18.9 Å². The van der Waals surface area contributed by atoms with Crippen LogP contribution in [0.5, 0.6) is 23.0 Å². The average Bonchev–Trinajstić information content (AvgIpc) is 2.88. The number of nitrogens with zero attached hydrogens (tertiary/aromatic N) is 1. The molecule has 6 heteroatoms. The summed E-state index contributed by atoms with van der Waals surface area (Å²) in [6.07, 6.45) is 0.672. The highest BCUT2D eigenvalue weighted by molar-refractivity contribution is 5.78. The molecular formula is C27H31NO5. The topological polar surface area (TPSA) is 57.2 Å². The summed E-state index contributed by atoms with van der Waals surface area (Å²) in [5, 5.41) is 0. The van der Waals surface area contributed by atoms with Crippen molar-refractivity contribution >= 4 is 5.91 Å². The van der Waals surface area contributed by atoms with Crippen LogP contribution in [0.3, 0.4) is 0 Å². The van der Waals surface area contributed by atoms with E-state index in [1.54, 1.807) is 45.6 Å². The highest BCUT2D eigenvalue weighted by Gasteiger charge is 2.22. The van der Waals surface area contributed by atoms with Crippen molar-refractivity contribution in [2.24, 2.45) is 0 Å². The SMILES string of the molecule is COc1ccc(OCC(=O)N(CCc2ccc(OC)c(OC)c2)[C@H](C)c2ccccc2)cc1. The van der Waals surface area contributed by atoms with Crippen LogP contribution in [0, 0.1) is 0 Å². The number of methoxy groups -OCH3 is 3. The van der Waals surface area contributed by atoms with Crippen LogP contribution in [-0.4, -0.2) is 45.3 Å². The number of carbonyl (C=O) groups is 1. The van der Waals surface area contributed by atoms with Gasteiger partial charge in [-0.05, 0) is 60.9 Å². The van der Waals surface area contributed by atoms with Crippen LogP contribution in [0.2, 0.25) is 0 Å². The Labute approximate surface area is 195 Å². The molecule has 0 aromatic heterocycles. The third-order valence-electron chi connectivity index (χ3n) is 5.58. The molecule has 0 aliphatic rings. The van der Waals surface area contributed by atoms with Gasteiger partial charge in [0.25, 0.3) is 5.91 Å².